The summed E-state index contributed by atoms with van der Waals surface area (Å²) in [7, 11) is 0. The molecule has 0 radical (unpaired) electrons. The first kappa shape index (κ1) is 27.0. The van der Waals surface area contributed by atoms with Gasteiger partial charge in [0.1, 0.15) is 0 Å². The third-order valence-electron chi connectivity index (χ3n) is 11.6. The van der Waals surface area contributed by atoms with Crippen molar-refractivity contribution >= 4 is 43.1 Å². The van der Waals surface area contributed by atoms with Gasteiger partial charge >= 0.3 is 0 Å². The van der Waals surface area contributed by atoms with Crippen molar-refractivity contribution < 1.29 is 0 Å². The van der Waals surface area contributed by atoms with Gasteiger partial charge in [-0.25, -0.2) is 0 Å². The van der Waals surface area contributed by atoms with E-state index in [9.17, 15) is 0 Å². The minimum atomic E-state index is -0.110. The molecule has 49 heavy (non-hydrogen) atoms. The predicted octanol–water partition coefficient (Wildman–Crippen LogP) is 13.6. The Balaban J connectivity index is 1.07. The first-order valence-electron chi connectivity index (χ1n) is 17.4. The molecule has 0 N–H and O–H groups in total. The van der Waals surface area contributed by atoms with Gasteiger partial charge in [-0.3, -0.25) is 0 Å². The maximum Gasteiger partial charge on any atom is 0.0165 e. The van der Waals surface area contributed by atoms with Crippen molar-refractivity contribution in [3.63, 3.8) is 0 Å². The van der Waals surface area contributed by atoms with E-state index in [1.54, 1.807) is 0 Å². The average Bonchev–Trinajstić information content (AvgIpc) is 3.61. The van der Waals surface area contributed by atoms with Crippen molar-refractivity contribution in [2.24, 2.45) is 0 Å². The van der Waals surface area contributed by atoms with Crippen LogP contribution in [0.3, 0.4) is 0 Å². The van der Waals surface area contributed by atoms with Gasteiger partial charge in [-0.05, 0) is 116 Å². The molecule has 0 amide bonds. The smallest absolute Gasteiger partial charge is 0.0165 e. The van der Waals surface area contributed by atoms with Crippen LogP contribution >= 0.6 is 0 Å². The van der Waals surface area contributed by atoms with Gasteiger partial charge < -0.3 is 0 Å². The van der Waals surface area contributed by atoms with Crippen LogP contribution in [0, 0.1) is 0 Å². The standard InChI is InChI=1S/C49H32/c1-49(2)44-27-23-30-10-3-4-11-34(30)46(44)47-40-15-8-7-14-37(40)43-28-32(22-24-42(43)48(47)49)29-18-20-31(21-19-29)33-25-26-41-36-13-6-5-12-35(36)39-17-9-16-38(33)45(39)41/h3-28H,1-2H3. The van der Waals surface area contributed by atoms with Gasteiger partial charge in [-0.2, -0.15) is 0 Å². The molecule has 0 aliphatic heterocycles. The van der Waals surface area contributed by atoms with Crippen LogP contribution in [0.2, 0.25) is 0 Å². The van der Waals surface area contributed by atoms with Gasteiger partial charge in [0.15, 0.2) is 0 Å². The molecule has 0 atom stereocenters. The Kier molecular flexibility index (Phi) is 5.27. The first-order chi connectivity index (χ1) is 24.1. The summed E-state index contributed by atoms with van der Waals surface area (Å²) in [6, 6.07) is 59.1. The summed E-state index contributed by atoms with van der Waals surface area (Å²) >= 11 is 0. The lowest BCUT2D eigenvalue weighted by Gasteiger charge is -2.24. The van der Waals surface area contributed by atoms with Crippen LogP contribution in [0.1, 0.15) is 25.0 Å². The number of fused-ring (bicyclic) bond motifs is 13. The van der Waals surface area contributed by atoms with Gasteiger partial charge in [0.2, 0.25) is 0 Å². The highest BCUT2D eigenvalue weighted by atomic mass is 14.4. The lowest BCUT2D eigenvalue weighted by Crippen LogP contribution is -2.15. The topological polar surface area (TPSA) is 0 Å². The molecule has 0 bridgehead atoms. The minimum absolute atomic E-state index is 0.110. The molecule has 0 saturated heterocycles. The van der Waals surface area contributed by atoms with Crippen LogP contribution in [-0.2, 0) is 5.41 Å². The normalized spacial score (nSPS) is 13.7. The molecule has 0 heterocycles. The SMILES string of the molecule is CC1(C)c2ccc3ccccc3c2-c2c1c1ccc(-c3ccc(-c4ccc5c6c(cccc46)-c4ccccc4-5)cc3)cc1c1ccccc21. The van der Waals surface area contributed by atoms with Crippen LogP contribution in [-0.4, -0.2) is 0 Å². The van der Waals surface area contributed by atoms with Crippen molar-refractivity contribution in [2.45, 2.75) is 19.3 Å². The van der Waals surface area contributed by atoms with Gasteiger partial charge in [0, 0.05) is 5.41 Å². The average molecular weight is 621 g/mol. The second-order valence-corrected chi connectivity index (χ2v) is 14.4. The van der Waals surface area contributed by atoms with Crippen molar-refractivity contribution in [2.75, 3.05) is 0 Å². The highest BCUT2D eigenvalue weighted by Gasteiger charge is 2.39. The van der Waals surface area contributed by atoms with Crippen molar-refractivity contribution in [1.29, 1.82) is 0 Å². The van der Waals surface area contributed by atoms with Gasteiger partial charge in [0.25, 0.3) is 0 Å². The fourth-order valence-corrected chi connectivity index (χ4v) is 9.38. The second-order valence-electron chi connectivity index (χ2n) is 14.4. The van der Waals surface area contributed by atoms with E-state index in [-0.39, 0.29) is 5.41 Å². The molecule has 0 saturated carbocycles. The van der Waals surface area contributed by atoms with E-state index in [0.29, 0.717) is 0 Å². The molecule has 11 rings (SSSR count). The Bertz CT molecular complexity index is 2850. The number of hydrogen-bond acceptors (Lipinski definition) is 0. The lowest BCUT2D eigenvalue weighted by atomic mass is 9.79. The number of hydrogen-bond donors (Lipinski definition) is 0. The van der Waals surface area contributed by atoms with E-state index >= 15 is 0 Å². The Morgan fingerprint density at radius 1 is 0.347 bits per heavy atom. The second kappa shape index (κ2) is 9.56. The monoisotopic (exact) mass is 620 g/mol. The molecule has 9 aromatic rings. The molecule has 0 aromatic heterocycles. The predicted molar refractivity (Wildman–Crippen MR) is 209 cm³/mol. The molecule has 0 fully saturated rings. The largest absolute Gasteiger partial charge is 0.0616 e. The third-order valence-corrected chi connectivity index (χ3v) is 11.6. The van der Waals surface area contributed by atoms with Crippen molar-refractivity contribution in [3.8, 4) is 55.6 Å². The van der Waals surface area contributed by atoms with Crippen LogP contribution in [0.5, 0.6) is 0 Å². The molecule has 2 aliphatic rings. The maximum atomic E-state index is 2.43. The Morgan fingerprint density at radius 3 is 1.78 bits per heavy atom. The molecule has 9 aromatic carbocycles. The van der Waals surface area contributed by atoms with Crippen molar-refractivity contribution in [3.05, 3.63) is 169 Å². The number of benzene rings is 9. The summed E-state index contributed by atoms with van der Waals surface area (Å²) in [5.41, 5.74) is 16.0. The van der Waals surface area contributed by atoms with Gasteiger partial charge in [-0.1, -0.05) is 166 Å². The Labute approximate surface area is 285 Å². The van der Waals surface area contributed by atoms with Gasteiger partial charge in [0.05, 0.1) is 0 Å². The zero-order chi connectivity index (χ0) is 32.4. The van der Waals surface area contributed by atoms with E-state index in [2.05, 4.69) is 172 Å². The zero-order valence-corrected chi connectivity index (χ0v) is 27.5. The molecule has 0 unspecified atom stereocenters. The molecule has 0 nitrogen and oxygen atoms in total. The minimum Gasteiger partial charge on any atom is -0.0616 e. The van der Waals surface area contributed by atoms with E-state index in [4.69, 9.17) is 0 Å². The fourth-order valence-electron chi connectivity index (χ4n) is 9.38. The quantitative estimate of drug-likeness (QED) is 0.169. The molecule has 0 spiro atoms. The number of rotatable bonds is 2. The van der Waals surface area contributed by atoms with E-state index in [0.717, 1.165) is 0 Å². The van der Waals surface area contributed by atoms with Crippen LogP contribution in [0.25, 0.3) is 98.7 Å². The summed E-state index contributed by atoms with van der Waals surface area (Å²) in [6.07, 6.45) is 0. The fraction of sp³-hybridized carbons (Fsp3) is 0.0612. The Morgan fingerprint density at radius 2 is 0.959 bits per heavy atom. The molecular weight excluding hydrogens is 589 g/mol. The summed E-state index contributed by atoms with van der Waals surface area (Å²) in [5, 5.41) is 10.7. The van der Waals surface area contributed by atoms with Crippen molar-refractivity contribution in [1.82, 2.24) is 0 Å². The first-order valence-corrected chi connectivity index (χ1v) is 17.4. The van der Waals surface area contributed by atoms with Gasteiger partial charge in [-0.15, -0.1) is 0 Å². The van der Waals surface area contributed by atoms with E-state index in [1.165, 1.54) is 110 Å². The van der Waals surface area contributed by atoms with Crippen LogP contribution in [0.15, 0.2) is 158 Å². The summed E-state index contributed by atoms with van der Waals surface area (Å²) in [4.78, 5) is 0. The molecular formula is C49H32. The summed E-state index contributed by atoms with van der Waals surface area (Å²) in [6.45, 7) is 4.82. The van der Waals surface area contributed by atoms with E-state index in [1.807, 2.05) is 0 Å². The summed E-state index contributed by atoms with van der Waals surface area (Å²) in [5.74, 6) is 0. The summed E-state index contributed by atoms with van der Waals surface area (Å²) < 4.78 is 0. The van der Waals surface area contributed by atoms with Crippen LogP contribution in [0.4, 0.5) is 0 Å². The van der Waals surface area contributed by atoms with E-state index < -0.39 is 0 Å². The van der Waals surface area contributed by atoms with Crippen LogP contribution < -0.4 is 0 Å². The highest BCUT2D eigenvalue weighted by molar-refractivity contribution is 6.22. The molecule has 0 heteroatoms. The highest BCUT2D eigenvalue weighted by Crippen LogP contribution is 2.57. The maximum absolute atomic E-state index is 2.43. The Hall–Kier alpha value is -5.98. The zero-order valence-electron chi connectivity index (χ0n) is 27.5. The third kappa shape index (κ3) is 3.53. The molecule has 228 valence electrons. The lowest BCUT2D eigenvalue weighted by molar-refractivity contribution is 0.667. The molecule has 2 aliphatic carbocycles.